The first-order chi connectivity index (χ1) is 11.2. The lowest BCUT2D eigenvalue weighted by Crippen LogP contribution is -2.00. The van der Waals surface area contributed by atoms with E-state index in [1.54, 1.807) is 23.9 Å². The summed E-state index contributed by atoms with van der Waals surface area (Å²) in [5, 5.41) is 0.478. The zero-order valence-corrected chi connectivity index (χ0v) is 13.7. The molecule has 0 saturated carbocycles. The lowest BCUT2D eigenvalue weighted by molar-refractivity contribution is 0.628. The van der Waals surface area contributed by atoms with Gasteiger partial charge < -0.3 is 0 Å². The Morgan fingerprint density at radius 2 is 1.78 bits per heavy atom. The fourth-order valence-corrected chi connectivity index (χ4v) is 3.97. The molecule has 1 aromatic heterocycles. The quantitative estimate of drug-likeness (QED) is 0.565. The number of halogens is 2. The van der Waals surface area contributed by atoms with Crippen LogP contribution in [-0.2, 0) is 6.42 Å². The van der Waals surface area contributed by atoms with Gasteiger partial charge in [0.05, 0.1) is 5.69 Å². The van der Waals surface area contributed by atoms with Crippen LogP contribution in [0.3, 0.4) is 0 Å². The van der Waals surface area contributed by atoms with Crippen molar-refractivity contribution in [2.75, 3.05) is 5.75 Å². The molecule has 0 bridgehead atoms. The van der Waals surface area contributed by atoms with Crippen molar-refractivity contribution >= 4 is 23.4 Å². The van der Waals surface area contributed by atoms with E-state index < -0.39 is 0 Å². The summed E-state index contributed by atoms with van der Waals surface area (Å²) in [6.07, 6.45) is 0.831. The van der Waals surface area contributed by atoms with Crippen molar-refractivity contribution in [3.63, 3.8) is 0 Å². The number of hydrogen-bond donors (Lipinski definition) is 0. The van der Waals surface area contributed by atoms with Gasteiger partial charge in [0.1, 0.15) is 11.0 Å². The summed E-state index contributed by atoms with van der Waals surface area (Å²) in [4.78, 5) is 10.4. The molecular weight excluding hydrogens is 331 g/mol. The smallest absolute Gasteiger partial charge is 0.161 e. The molecule has 2 heterocycles. The highest BCUT2D eigenvalue weighted by Gasteiger charge is 2.20. The number of hydrogen-bond acceptors (Lipinski definition) is 3. The average molecular weight is 343 g/mol. The third kappa shape index (κ3) is 2.73. The molecule has 114 valence electrons. The van der Waals surface area contributed by atoms with E-state index in [-0.39, 0.29) is 5.82 Å². The van der Waals surface area contributed by atoms with Crippen molar-refractivity contribution < 1.29 is 4.39 Å². The van der Waals surface area contributed by atoms with E-state index in [1.807, 2.05) is 12.1 Å². The Morgan fingerprint density at radius 3 is 2.61 bits per heavy atom. The highest BCUT2D eigenvalue weighted by Crippen LogP contribution is 2.39. The molecule has 1 aliphatic rings. The number of benzene rings is 2. The minimum atomic E-state index is -0.281. The Labute approximate surface area is 142 Å². The lowest BCUT2D eigenvalue weighted by atomic mass is 10.0. The van der Waals surface area contributed by atoms with Gasteiger partial charge in [-0.25, -0.2) is 14.4 Å². The van der Waals surface area contributed by atoms with Gasteiger partial charge in [0, 0.05) is 27.3 Å². The lowest BCUT2D eigenvalue weighted by Gasteiger charge is -2.11. The molecule has 0 atom stereocenters. The highest BCUT2D eigenvalue weighted by molar-refractivity contribution is 7.99. The second-order valence-electron chi connectivity index (χ2n) is 5.27. The fraction of sp³-hybridized carbons (Fsp3) is 0.111. The maximum atomic E-state index is 13.1. The van der Waals surface area contributed by atoms with Crippen molar-refractivity contribution in [2.45, 2.75) is 11.3 Å². The van der Waals surface area contributed by atoms with Crippen LogP contribution in [0, 0.1) is 5.82 Å². The van der Waals surface area contributed by atoms with E-state index >= 15 is 0 Å². The molecule has 0 aliphatic carbocycles. The van der Waals surface area contributed by atoms with Gasteiger partial charge in [-0.2, -0.15) is 0 Å². The Bertz CT molecular complexity index is 881. The van der Waals surface area contributed by atoms with Crippen LogP contribution in [0.1, 0.15) is 5.56 Å². The zero-order chi connectivity index (χ0) is 15.8. The molecule has 0 saturated heterocycles. The number of rotatable bonds is 1. The summed E-state index contributed by atoms with van der Waals surface area (Å²) < 4.78 is 13.1. The van der Waals surface area contributed by atoms with Gasteiger partial charge in [0.2, 0.25) is 0 Å². The van der Waals surface area contributed by atoms with E-state index in [4.69, 9.17) is 16.6 Å². The molecule has 4 rings (SSSR count). The summed E-state index contributed by atoms with van der Waals surface area (Å²) in [5.41, 5.74) is 3.70. The van der Waals surface area contributed by atoms with E-state index in [0.717, 1.165) is 34.6 Å². The average Bonchev–Trinajstić information content (AvgIpc) is 2.75. The normalized spacial score (nSPS) is 13.1. The maximum absolute atomic E-state index is 13.1. The molecule has 0 fully saturated rings. The van der Waals surface area contributed by atoms with Gasteiger partial charge >= 0.3 is 0 Å². The van der Waals surface area contributed by atoms with Crippen LogP contribution in [-0.4, -0.2) is 15.7 Å². The van der Waals surface area contributed by atoms with E-state index in [1.165, 1.54) is 17.0 Å². The summed E-state index contributed by atoms with van der Waals surface area (Å²) in [5.74, 6) is 1.19. The Morgan fingerprint density at radius 1 is 1.00 bits per heavy atom. The third-order valence-corrected chi connectivity index (χ3v) is 5.20. The van der Waals surface area contributed by atoms with Crippen LogP contribution in [0.5, 0.6) is 0 Å². The Hall–Kier alpha value is -1.91. The first-order valence-electron chi connectivity index (χ1n) is 7.27. The van der Waals surface area contributed by atoms with Gasteiger partial charge in [-0.1, -0.05) is 29.8 Å². The maximum Gasteiger partial charge on any atom is 0.161 e. The summed E-state index contributed by atoms with van der Waals surface area (Å²) >= 11 is 8.24. The molecule has 5 heteroatoms. The van der Waals surface area contributed by atoms with Gasteiger partial charge in [-0.05, 0) is 36.8 Å². The van der Waals surface area contributed by atoms with Gasteiger partial charge in [-0.15, -0.1) is 11.8 Å². The topological polar surface area (TPSA) is 25.8 Å². The summed E-state index contributed by atoms with van der Waals surface area (Å²) in [6, 6.07) is 14.3. The molecule has 0 radical (unpaired) electrons. The van der Waals surface area contributed by atoms with Crippen molar-refractivity contribution in [1.82, 2.24) is 9.97 Å². The van der Waals surface area contributed by atoms with Crippen molar-refractivity contribution in [3.05, 3.63) is 65.1 Å². The highest BCUT2D eigenvalue weighted by atomic mass is 35.5. The van der Waals surface area contributed by atoms with Crippen molar-refractivity contribution in [2.24, 2.45) is 0 Å². The first kappa shape index (κ1) is 14.7. The summed E-state index contributed by atoms with van der Waals surface area (Å²) in [6.45, 7) is 0. The number of nitrogens with zero attached hydrogens (tertiary/aromatic N) is 2. The summed E-state index contributed by atoms with van der Waals surface area (Å²) in [7, 11) is 0. The fourth-order valence-electron chi connectivity index (χ4n) is 2.68. The predicted molar refractivity (Wildman–Crippen MR) is 92.3 cm³/mol. The van der Waals surface area contributed by atoms with E-state index in [9.17, 15) is 4.39 Å². The number of aromatic nitrogens is 2. The second-order valence-corrected chi connectivity index (χ2v) is 6.76. The Kier molecular flexibility index (Phi) is 3.79. The molecular formula is C18H12ClFN2S. The molecule has 1 aliphatic heterocycles. The van der Waals surface area contributed by atoms with Gasteiger partial charge in [0.15, 0.2) is 5.82 Å². The minimum Gasteiger partial charge on any atom is -0.228 e. The first-order valence-corrected chi connectivity index (χ1v) is 8.63. The van der Waals surface area contributed by atoms with Crippen LogP contribution in [0.15, 0.2) is 53.4 Å². The largest absolute Gasteiger partial charge is 0.228 e. The van der Waals surface area contributed by atoms with Crippen LogP contribution < -0.4 is 0 Å². The molecule has 3 aromatic rings. The van der Waals surface area contributed by atoms with Crippen LogP contribution >= 0.6 is 23.4 Å². The molecule has 2 nitrogen and oxygen atoms in total. The van der Waals surface area contributed by atoms with Crippen molar-refractivity contribution in [3.8, 4) is 22.6 Å². The van der Waals surface area contributed by atoms with E-state index in [2.05, 4.69) is 17.1 Å². The van der Waals surface area contributed by atoms with Crippen molar-refractivity contribution in [1.29, 1.82) is 0 Å². The Balaban J connectivity index is 1.93. The van der Waals surface area contributed by atoms with Gasteiger partial charge in [-0.3, -0.25) is 0 Å². The van der Waals surface area contributed by atoms with Crippen LogP contribution in [0.4, 0.5) is 4.39 Å². The SMILES string of the molecule is Fc1ccc(-c2nc(Cl)c3c(n2)-c2ccccc2SCC3)cc1. The standard InChI is InChI=1S/C18H12ClFN2S/c19-17-14-9-10-23-15-4-2-1-3-13(15)16(14)21-18(22-17)11-5-7-12(20)8-6-11/h1-8H,9-10H2. The molecule has 0 unspecified atom stereocenters. The monoisotopic (exact) mass is 342 g/mol. The van der Waals surface area contributed by atoms with Crippen LogP contribution in [0.2, 0.25) is 5.15 Å². The number of thioether (sulfide) groups is 1. The molecule has 0 spiro atoms. The zero-order valence-electron chi connectivity index (χ0n) is 12.1. The molecule has 23 heavy (non-hydrogen) atoms. The molecule has 0 N–H and O–H groups in total. The van der Waals surface area contributed by atoms with Crippen LogP contribution in [0.25, 0.3) is 22.6 Å². The molecule has 2 aromatic carbocycles. The third-order valence-electron chi connectivity index (χ3n) is 3.81. The van der Waals surface area contributed by atoms with Gasteiger partial charge in [0.25, 0.3) is 0 Å². The van der Waals surface area contributed by atoms with E-state index in [0.29, 0.717) is 11.0 Å². The number of fused-ring (bicyclic) bond motifs is 3. The second kappa shape index (κ2) is 5.95. The molecule has 0 amide bonds. The minimum absolute atomic E-state index is 0.281. The predicted octanol–water partition coefficient (Wildman–Crippen LogP) is 5.25.